The highest BCUT2D eigenvalue weighted by molar-refractivity contribution is 7.99. The van der Waals surface area contributed by atoms with Crippen LogP contribution in [0.1, 0.15) is 10.5 Å². The Balaban J connectivity index is 2.35. The fourth-order valence-electron chi connectivity index (χ4n) is 0.941. The van der Waals surface area contributed by atoms with E-state index in [1.54, 1.807) is 7.05 Å². The lowest BCUT2D eigenvalue weighted by atomic mass is 10.5. The van der Waals surface area contributed by atoms with Crippen LogP contribution < -0.4 is 0 Å². The van der Waals surface area contributed by atoms with E-state index in [9.17, 15) is 4.79 Å². The SMILES string of the molecule is Cn1nnnc1Sc1nccnc1C(=O)O. The first-order valence-corrected chi connectivity index (χ1v) is 4.94. The smallest absolute Gasteiger partial charge is 0.357 e. The van der Waals surface area contributed by atoms with Crippen LogP contribution in [0.2, 0.25) is 0 Å². The van der Waals surface area contributed by atoms with Crippen LogP contribution in [0.3, 0.4) is 0 Å². The van der Waals surface area contributed by atoms with Gasteiger partial charge in [0.15, 0.2) is 5.69 Å². The highest BCUT2D eigenvalue weighted by Gasteiger charge is 2.16. The monoisotopic (exact) mass is 238 g/mol. The van der Waals surface area contributed by atoms with Crippen molar-refractivity contribution in [3.63, 3.8) is 0 Å². The Bertz CT molecular complexity index is 527. The molecule has 2 heterocycles. The molecule has 2 aromatic heterocycles. The number of nitrogens with zero attached hydrogens (tertiary/aromatic N) is 6. The van der Waals surface area contributed by atoms with Crippen molar-refractivity contribution in [2.45, 2.75) is 10.2 Å². The van der Waals surface area contributed by atoms with Crippen molar-refractivity contribution >= 4 is 17.7 Å². The van der Waals surface area contributed by atoms with Crippen molar-refractivity contribution in [3.05, 3.63) is 18.1 Å². The molecule has 0 aliphatic carbocycles. The molecule has 8 nitrogen and oxygen atoms in total. The van der Waals surface area contributed by atoms with Crippen molar-refractivity contribution in [3.8, 4) is 0 Å². The Labute approximate surface area is 93.7 Å². The van der Waals surface area contributed by atoms with Gasteiger partial charge in [0.05, 0.1) is 0 Å². The molecule has 0 radical (unpaired) electrons. The fourth-order valence-corrected chi connectivity index (χ4v) is 1.71. The van der Waals surface area contributed by atoms with Crippen LogP contribution in [0.15, 0.2) is 22.6 Å². The van der Waals surface area contributed by atoms with E-state index >= 15 is 0 Å². The molecular formula is C7H6N6O2S. The van der Waals surface area contributed by atoms with Gasteiger partial charge < -0.3 is 5.11 Å². The van der Waals surface area contributed by atoms with Crippen LogP contribution in [0, 0.1) is 0 Å². The molecule has 0 saturated carbocycles. The van der Waals surface area contributed by atoms with Gasteiger partial charge in [0.25, 0.3) is 0 Å². The van der Waals surface area contributed by atoms with Crippen LogP contribution >= 0.6 is 11.8 Å². The Morgan fingerprint density at radius 2 is 2.19 bits per heavy atom. The van der Waals surface area contributed by atoms with E-state index in [0.29, 0.717) is 5.16 Å². The Morgan fingerprint density at radius 3 is 2.81 bits per heavy atom. The minimum Gasteiger partial charge on any atom is -0.476 e. The van der Waals surface area contributed by atoms with Crippen LogP contribution in [0.25, 0.3) is 0 Å². The molecule has 16 heavy (non-hydrogen) atoms. The largest absolute Gasteiger partial charge is 0.476 e. The number of aromatic carboxylic acids is 1. The molecule has 9 heteroatoms. The van der Waals surface area contributed by atoms with E-state index < -0.39 is 5.97 Å². The third-order valence-corrected chi connectivity index (χ3v) is 2.66. The number of tetrazole rings is 1. The Kier molecular flexibility index (Phi) is 2.77. The summed E-state index contributed by atoms with van der Waals surface area (Å²) >= 11 is 1.05. The van der Waals surface area contributed by atoms with Crippen LogP contribution in [0.5, 0.6) is 0 Å². The third-order valence-electron chi connectivity index (χ3n) is 1.64. The van der Waals surface area contributed by atoms with E-state index in [4.69, 9.17) is 5.11 Å². The van der Waals surface area contributed by atoms with Crippen LogP contribution in [0.4, 0.5) is 0 Å². The van der Waals surface area contributed by atoms with E-state index in [2.05, 4.69) is 25.5 Å². The topological polar surface area (TPSA) is 107 Å². The standard InChI is InChI=1S/C7H6N6O2S/c1-13-7(10-11-12-13)16-5-4(6(14)15)8-2-3-9-5/h2-3H,1H3,(H,14,15). The first kappa shape index (κ1) is 10.5. The van der Waals surface area contributed by atoms with Crippen molar-refractivity contribution in [1.29, 1.82) is 0 Å². The average Bonchev–Trinajstić information content (AvgIpc) is 2.65. The van der Waals surface area contributed by atoms with Crippen molar-refractivity contribution < 1.29 is 9.90 Å². The molecule has 82 valence electrons. The highest BCUT2D eigenvalue weighted by Crippen LogP contribution is 2.24. The number of aryl methyl sites for hydroxylation is 1. The first-order valence-electron chi connectivity index (χ1n) is 4.13. The summed E-state index contributed by atoms with van der Waals surface area (Å²) in [6.45, 7) is 0. The number of rotatable bonds is 3. The van der Waals surface area contributed by atoms with Gasteiger partial charge in [0.1, 0.15) is 5.03 Å². The predicted octanol–water partition coefficient (Wildman–Crippen LogP) is -0.151. The summed E-state index contributed by atoms with van der Waals surface area (Å²) in [5.74, 6) is -1.13. The molecule has 0 aliphatic heterocycles. The summed E-state index contributed by atoms with van der Waals surface area (Å²) in [6, 6.07) is 0. The minimum atomic E-state index is -1.13. The van der Waals surface area contributed by atoms with Gasteiger partial charge in [0, 0.05) is 19.4 Å². The van der Waals surface area contributed by atoms with E-state index in [1.165, 1.54) is 17.1 Å². The van der Waals surface area contributed by atoms with Gasteiger partial charge in [-0.15, -0.1) is 5.10 Å². The molecule has 0 spiro atoms. The van der Waals surface area contributed by atoms with Gasteiger partial charge in [-0.25, -0.2) is 19.4 Å². The zero-order valence-corrected chi connectivity index (χ0v) is 8.92. The number of aromatic nitrogens is 6. The van der Waals surface area contributed by atoms with Crippen LogP contribution in [-0.4, -0.2) is 41.3 Å². The second kappa shape index (κ2) is 4.23. The molecule has 2 rings (SSSR count). The molecule has 0 fully saturated rings. The Hall–Kier alpha value is -2.03. The summed E-state index contributed by atoms with van der Waals surface area (Å²) in [5, 5.41) is 20.4. The molecule has 2 aromatic rings. The van der Waals surface area contributed by atoms with Gasteiger partial charge in [0.2, 0.25) is 5.16 Å². The Morgan fingerprint density at radius 1 is 1.44 bits per heavy atom. The highest BCUT2D eigenvalue weighted by atomic mass is 32.2. The zero-order valence-electron chi connectivity index (χ0n) is 8.10. The summed E-state index contributed by atoms with van der Waals surface area (Å²) in [5.41, 5.74) is -0.115. The molecule has 1 N–H and O–H groups in total. The predicted molar refractivity (Wildman–Crippen MR) is 51.9 cm³/mol. The molecule has 0 saturated heterocycles. The van der Waals surface area contributed by atoms with E-state index in [1.807, 2.05) is 0 Å². The molecule has 0 aliphatic rings. The second-order valence-electron chi connectivity index (χ2n) is 2.70. The van der Waals surface area contributed by atoms with E-state index in [-0.39, 0.29) is 10.7 Å². The minimum absolute atomic E-state index is 0.115. The van der Waals surface area contributed by atoms with Gasteiger partial charge >= 0.3 is 5.97 Å². The summed E-state index contributed by atoms with van der Waals surface area (Å²) in [6.07, 6.45) is 2.74. The van der Waals surface area contributed by atoms with Gasteiger partial charge in [-0.2, -0.15) is 0 Å². The van der Waals surface area contributed by atoms with Gasteiger partial charge in [-0.1, -0.05) is 0 Å². The molecular weight excluding hydrogens is 232 g/mol. The molecule has 0 amide bonds. The first-order chi connectivity index (χ1) is 7.68. The fraction of sp³-hybridized carbons (Fsp3) is 0.143. The normalized spacial score (nSPS) is 10.3. The quantitative estimate of drug-likeness (QED) is 0.786. The number of carbonyl (C=O) groups is 1. The summed E-state index contributed by atoms with van der Waals surface area (Å²) in [7, 11) is 1.65. The lowest BCUT2D eigenvalue weighted by Crippen LogP contribution is -2.04. The maximum absolute atomic E-state index is 10.9. The molecule has 0 aromatic carbocycles. The lowest BCUT2D eigenvalue weighted by Gasteiger charge is -2.00. The van der Waals surface area contributed by atoms with E-state index in [0.717, 1.165) is 11.8 Å². The van der Waals surface area contributed by atoms with Crippen molar-refractivity contribution in [2.24, 2.45) is 7.05 Å². The zero-order chi connectivity index (χ0) is 11.5. The number of carboxylic acid groups (broad SMARTS) is 1. The molecule has 0 unspecified atom stereocenters. The number of carboxylic acids is 1. The molecule has 0 bridgehead atoms. The van der Waals surface area contributed by atoms with Gasteiger partial charge in [-0.05, 0) is 22.2 Å². The molecule has 0 atom stereocenters. The second-order valence-corrected chi connectivity index (χ2v) is 3.66. The maximum Gasteiger partial charge on any atom is 0.357 e. The average molecular weight is 238 g/mol. The summed E-state index contributed by atoms with van der Waals surface area (Å²) < 4.78 is 1.42. The number of hydrogen-bond acceptors (Lipinski definition) is 7. The lowest BCUT2D eigenvalue weighted by molar-refractivity contribution is 0.0685. The summed E-state index contributed by atoms with van der Waals surface area (Å²) in [4.78, 5) is 18.5. The maximum atomic E-state index is 10.9. The number of hydrogen-bond donors (Lipinski definition) is 1. The van der Waals surface area contributed by atoms with Crippen molar-refractivity contribution in [2.75, 3.05) is 0 Å². The van der Waals surface area contributed by atoms with Crippen LogP contribution in [-0.2, 0) is 7.05 Å². The van der Waals surface area contributed by atoms with Gasteiger partial charge in [-0.3, -0.25) is 0 Å². The third kappa shape index (κ3) is 1.98. The van der Waals surface area contributed by atoms with Crippen molar-refractivity contribution in [1.82, 2.24) is 30.2 Å².